The van der Waals surface area contributed by atoms with Gasteiger partial charge in [-0.15, -0.1) is 0 Å². The maximum atomic E-state index is 12.7. The van der Waals surface area contributed by atoms with Crippen LogP contribution in [0.1, 0.15) is 60.8 Å². The predicted octanol–water partition coefficient (Wildman–Crippen LogP) is -1.74. The van der Waals surface area contributed by atoms with E-state index in [0.717, 1.165) is 22.3 Å². The Hall–Kier alpha value is -5.88. The molecule has 0 saturated carbocycles. The average Bonchev–Trinajstić information content (AvgIpc) is 3.19. The highest BCUT2D eigenvalue weighted by atomic mass is 16.5. The number of hydrogen-bond acceptors (Lipinski definition) is 12. The first-order chi connectivity index (χ1) is 26.8. The van der Waals surface area contributed by atoms with E-state index in [2.05, 4.69) is 31.9 Å². The van der Waals surface area contributed by atoms with Crippen LogP contribution in [0.3, 0.4) is 0 Å². The minimum atomic E-state index is -1.17. The molecule has 3 rings (SSSR count). The number of carbonyl (C=O) groups excluding carboxylic acids is 8. The van der Waals surface area contributed by atoms with Crippen LogP contribution in [0.5, 0.6) is 0 Å². The molecule has 1 saturated heterocycles. The van der Waals surface area contributed by atoms with Crippen LogP contribution in [0.25, 0.3) is 0 Å². The van der Waals surface area contributed by atoms with Gasteiger partial charge in [-0.1, -0.05) is 48.5 Å². The quantitative estimate of drug-likeness (QED) is 0.0489. The minimum absolute atomic E-state index is 0.00454. The number of amides is 6. The summed E-state index contributed by atoms with van der Waals surface area (Å²) < 4.78 is 9.66. The van der Waals surface area contributed by atoms with Crippen LogP contribution in [0.4, 0.5) is 0 Å². The topological polar surface area (TPSA) is 279 Å². The zero-order chi connectivity index (χ0) is 41.0. The zero-order valence-corrected chi connectivity index (χ0v) is 31.7. The Bertz CT molecular complexity index is 1600. The van der Waals surface area contributed by atoms with Gasteiger partial charge in [0.05, 0.1) is 27.1 Å². The molecule has 0 aliphatic carbocycles. The van der Waals surface area contributed by atoms with Crippen molar-refractivity contribution < 1.29 is 47.8 Å². The fourth-order valence-electron chi connectivity index (χ4n) is 5.87. The van der Waals surface area contributed by atoms with E-state index in [0.29, 0.717) is 13.1 Å². The van der Waals surface area contributed by atoms with E-state index in [1.54, 1.807) is 0 Å². The van der Waals surface area contributed by atoms with Gasteiger partial charge < -0.3 is 52.8 Å². The maximum absolute atomic E-state index is 12.7. The summed E-state index contributed by atoms with van der Waals surface area (Å²) in [6.07, 6.45) is 0.139. The number of piperazine rings is 1. The molecule has 6 amide bonds. The summed E-state index contributed by atoms with van der Waals surface area (Å²) in [7, 11) is 2.46. The van der Waals surface area contributed by atoms with E-state index < -0.39 is 71.5 Å². The fourth-order valence-corrected chi connectivity index (χ4v) is 5.87. The van der Waals surface area contributed by atoms with Gasteiger partial charge in [-0.25, -0.2) is 9.59 Å². The highest BCUT2D eigenvalue weighted by molar-refractivity contribution is 6.01. The normalized spacial score (nSPS) is 15.9. The summed E-state index contributed by atoms with van der Waals surface area (Å²) in [5, 5.41) is 15.4. The van der Waals surface area contributed by atoms with Crippen molar-refractivity contribution >= 4 is 47.4 Å². The Morgan fingerprint density at radius 1 is 0.625 bits per heavy atom. The van der Waals surface area contributed by atoms with Gasteiger partial charge in [0.15, 0.2) is 0 Å². The molecule has 18 nitrogen and oxygen atoms in total. The molecule has 1 aliphatic rings. The lowest BCUT2D eigenvalue weighted by Crippen LogP contribution is -2.63. The number of esters is 2. The average molecular weight is 781 g/mol. The summed E-state index contributed by atoms with van der Waals surface area (Å²) >= 11 is 0. The highest BCUT2D eigenvalue weighted by Crippen LogP contribution is 2.11. The largest absolute Gasteiger partial charge is 0.467 e. The second-order valence-electron chi connectivity index (χ2n) is 13.2. The van der Waals surface area contributed by atoms with Crippen LogP contribution in [0, 0.1) is 0 Å². The van der Waals surface area contributed by atoms with Gasteiger partial charge in [-0.3, -0.25) is 28.8 Å². The number of nitrogens with one attached hydrogen (secondary N) is 6. The van der Waals surface area contributed by atoms with Crippen LogP contribution in [0.15, 0.2) is 48.5 Å². The van der Waals surface area contributed by atoms with E-state index in [1.807, 2.05) is 48.5 Å². The molecular weight excluding hydrogens is 728 g/mol. The molecule has 1 aliphatic heterocycles. The second-order valence-corrected chi connectivity index (χ2v) is 13.2. The first kappa shape index (κ1) is 44.5. The number of nitrogens with two attached hydrogens (primary N) is 2. The van der Waals surface area contributed by atoms with E-state index in [1.165, 1.54) is 14.2 Å². The van der Waals surface area contributed by atoms with E-state index in [-0.39, 0.29) is 64.5 Å². The summed E-state index contributed by atoms with van der Waals surface area (Å²) in [5.74, 6) is -4.43. The molecule has 2 aromatic rings. The molecule has 304 valence electrons. The van der Waals surface area contributed by atoms with Crippen LogP contribution in [-0.2, 0) is 73.8 Å². The van der Waals surface area contributed by atoms with Gasteiger partial charge in [0.2, 0.25) is 35.4 Å². The molecule has 0 bridgehead atoms. The van der Waals surface area contributed by atoms with Gasteiger partial charge >= 0.3 is 11.9 Å². The number of hydrogen-bond donors (Lipinski definition) is 8. The number of carbonyl (C=O) groups is 8. The van der Waals surface area contributed by atoms with Gasteiger partial charge in [0, 0.05) is 51.9 Å². The van der Waals surface area contributed by atoms with Crippen LogP contribution in [-0.4, -0.2) is 98.9 Å². The molecule has 1 heterocycles. The van der Waals surface area contributed by atoms with E-state index >= 15 is 0 Å². The molecular formula is C38H52N8O10. The van der Waals surface area contributed by atoms with Crippen molar-refractivity contribution in [1.82, 2.24) is 31.9 Å². The molecule has 18 heteroatoms. The Labute approximate surface area is 324 Å². The third-order valence-electron chi connectivity index (χ3n) is 8.83. The van der Waals surface area contributed by atoms with Crippen LogP contribution >= 0.6 is 0 Å². The predicted molar refractivity (Wildman–Crippen MR) is 202 cm³/mol. The van der Waals surface area contributed by atoms with Gasteiger partial charge in [0.1, 0.15) is 24.2 Å². The number of benzene rings is 2. The van der Waals surface area contributed by atoms with Gasteiger partial charge in [0.25, 0.3) is 0 Å². The molecule has 56 heavy (non-hydrogen) atoms. The van der Waals surface area contributed by atoms with Crippen molar-refractivity contribution in [2.75, 3.05) is 27.3 Å². The molecule has 1 fully saturated rings. The molecule has 2 unspecified atom stereocenters. The van der Waals surface area contributed by atoms with Crippen molar-refractivity contribution in [2.45, 2.75) is 88.6 Å². The lowest BCUT2D eigenvalue weighted by molar-refractivity contribution is -0.145. The Morgan fingerprint density at radius 2 is 1.00 bits per heavy atom. The standard InChI is InChI=1S/C38H52N8O10/c1-55-37(53)29(17-23-7-3-9-25(15-23)21-39)43-31(47)11-5-13-41-33(49)19-27-35(51)46-28(36(52)45-27)20-34(50)42-14-6-12-32(48)44-30(38(54)56-2)18-24-8-4-10-26(16-24)22-40/h3-4,7-10,15-16,27-30H,5-6,11-14,17-22,39-40H2,1-2H3,(H,41,49)(H,42,50)(H,43,47)(H,44,48)(H,45,52)(H,46,51)/t27-,28?,29+,30?/m0/s1. The third-order valence-corrected chi connectivity index (χ3v) is 8.83. The first-order valence-corrected chi connectivity index (χ1v) is 18.3. The lowest BCUT2D eigenvalue weighted by Gasteiger charge is -2.29. The molecule has 0 radical (unpaired) electrons. The monoisotopic (exact) mass is 780 g/mol. The fraction of sp³-hybridized carbons (Fsp3) is 0.474. The lowest BCUT2D eigenvalue weighted by atomic mass is 10.0. The number of methoxy groups -OCH3 is 2. The number of ether oxygens (including phenoxy) is 2. The zero-order valence-electron chi connectivity index (χ0n) is 31.7. The van der Waals surface area contributed by atoms with Crippen molar-refractivity contribution in [2.24, 2.45) is 11.5 Å². The number of rotatable bonds is 22. The summed E-state index contributed by atoms with van der Waals surface area (Å²) in [5.41, 5.74) is 14.7. The van der Waals surface area contributed by atoms with E-state index in [9.17, 15) is 38.4 Å². The molecule has 2 aromatic carbocycles. The van der Waals surface area contributed by atoms with Crippen molar-refractivity contribution in [3.63, 3.8) is 0 Å². The first-order valence-electron chi connectivity index (χ1n) is 18.3. The molecule has 0 aromatic heterocycles. The summed E-state index contributed by atoms with van der Waals surface area (Å²) in [4.78, 5) is 100. The second kappa shape index (κ2) is 23.1. The minimum Gasteiger partial charge on any atom is -0.467 e. The maximum Gasteiger partial charge on any atom is 0.328 e. The summed E-state index contributed by atoms with van der Waals surface area (Å²) in [6, 6.07) is 10.5. The molecule has 10 N–H and O–H groups in total. The smallest absolute Gasteiger partial charge is 0.328 e. The van der Waals surface area contributed by atoms with Gasteiger partial charge in [-0.2, -0.15) is 0 Å². The SMILES string of the molecule is COC(=O)C(Cc1cccc(CN)c1)NC(=O)CCCNC(=O)CC1NC(=O)[C@H](CC(=O)NCCCC(=O)N[C@H](Cc2cccc(CN)c2)C(=O)OC)NC1=O. The molecule has 0 spiro atoms. The Balaban J connectivity index is 1.33. The summed E-state index contributed by atoms with van der Waals surface area (Å²) in [6.45, 7) is 0.844. The van der Waals surface area contributed by atoms with Crippen molar-refractivity contribution in [1.29, 1.82) is 0 Å². The van der Waals surface area contributed by atoms with E-state index in [4.69, 9.17) is 20.9 Å². The molecule has 4 atom stereocenters. The third kappa shape index (κ3) is 15.1. The van der Waals surface area contributed by atoms with Crippen LogP contribution in [0.2, 0.25) is 0 Å². The van der Waals surface area contributed by atoms with Crippen molar-refractivity contribution in [3.8, 4) is 0 Å². The van der Waals surface area contributed by atoms with Gasteiger partial charge in [-0.05, 0) is 35.1 Å². The Kier molecular flexibility index (Phi) is 18.4. The van der Waals surface area contributed by atoms with Crippen molar-refractivity contribution in [3.05, 3.63) is 70.8 Å². The Morgan fingerprint density at radius 3 is 1.36 bits per heavy atom. The highest BCUT2D eigenvalue weighted by Gasteiger charge is 2.36. The van der Waals surface area contributed by atoms with Crippen LogP contribution < -0.4 is 43.4 Å².